The quantitative estimate of drug-likeness (QED) is 0.463. The number of aliphatic carboxylic acids is 1. The van der Waals surface area contributed by atoms with Crippen LogP contribution in [0.4, 0.5) is 0 Å². The summed E-state index contributed by atoms with van der Waals surface area (Å²) in [6.45, 7) is 1.75. The second-order valence-electron chi connectivity index (χ2n) is 8.17. The van der Waals surface area contributed by atoms with Gasteiger partial charge in [-0.25, -0.2) is 4.79 Å². The fourth-order valence-electron chi connectivity index (χ4n) is 4.64. The van der Waals surface area contributed by atoms with Crippen molar-refractivity contribution in [3.8, 4) is 0 Å². The van der Waals surface area contributed by atoms with Crippen LogP contribution in [0.25, 0.3) is 10.9 Å². The van der Waals surface area contributed by atoms with E-state index in [9.17, 15) is 24.3 Å². The third kappa shape index (κ3) is 3.21. The van der Waals surface area contributed by atoms with Gasteiger partial charge in [0.15, 0.2) is 0 Å². The van der Waals surface area contributed by atoms with E-state index < -0.39 is 23.8 Å². The number of rotatable bonds is 5. The molecule has 0 bridgehead atoms. The van der Waals surface area contributed by atoms with Gasteiger partial charge in [-0.2, -0.15) is 0 Å². The smallest absolute Gasteiger partial charge is 0.327 e. The molecule has 0 saturated heterocycles. The Labute approximate surface area is 194 Å². The molecule has 1 unspecified atom stereocenters. The van der Waals surface area contributed by atoms with Gasteiger partial charge >= 0.3 is 5.97 Å². The zero-order valence-electron chi connectivity index (χ0n) is 18.3. The van der Waals surface area contributed by atoms with Crippen molar-refractivity contribution < 1.29 is 24.3 Å². The van der Waals surface area contributed by atoms with E-state index in [-0.39, 0.29) is 23.5 Å². The second kappa shape index (κ2) is 8.12. The Morgan fingerprint density at radius 1 is 0.824 bits per heavy atom. The molecular weight excluding hydrogens is 432 g/mol. The highest BCUT2D eigenvalue weighted by molar-refractivity contribution is 6.22. The zero-order chi connectivity index (χ0) is 24.0. The number of benzene rings is 3. The minimum atomic E-state index is -1.42. The molecule has 0 aliphatic carbocycles. The average molecular weight is 452 g/mol. The summed E-state index contributed by atoms with van der Waals surface area (Å²) in [4.78, 5) is 52.4. The van der Waals surface area contributed by atoms with Crippen LogP contribution in [0.1, 0.15) is 42.3 Å². The van der Waals surface area contributed by atoms with Gasteiger partial charge in [0.05, 0.1) is 16.6 Å². The lowest BCUT2D eigenvalue weighted by molar-refractivity contribution is -0.141. The van der Waals surface area contributed by atoms with Gasteiger partial charge in [-0.05, 0) is 42.8 Å². The van der Waals surface area contributed by atoms with E-state index in [2.05, 4.69) is 0 Å². The molecule has 7 heteroatoms. The molecule has 7 nitrogen and oxygen atoms in total. The van der Waals surface area contributed by atoms with E-state index in [1.165, 1.54) is 12.1 Å². The minimum absolute atomic E-state index is 0.123. The molecule has 5 rings (SSSR count). The van der Waals surface area contributed by atoms with Crippen molar-refractivity contribution in [2.45, 2.75) is 19.4 Å². The molecule has 1 aliphatic rings. The van der Waals surface area contributed by atoms with Gasteiger partial charge in [0, 0.05) is 23.1 Å². The number of nitrogens with zero attached hydrogens (tertiary/aromatic N) is 2. The number of amides is 2. The molecule has 3 aromatic carbocycles. The van der Waals surface area contributed by atoms with Gasteiger partial charge in [-0.3, -0.25) is 23.9 Å². The van der Waals surface area contributed by atoms with Crippen molar-refractivity contribution in [2.24, 2.45) is 0 Å². The second-order valence-corrected chi connectivity index (χ2v) is 8.17. The number of hydrogen-bond donors (Lipinski definition) is 1. The van der Waals surface area contributed by atoms with Crippen LogP contribution in [0, 0.1) is 6.92 Å². The van der Waals surface area contributed by atoms with Crippen molar-refractivity contribution in [2.75, 3.05) is 0 Å². The maximum atomic E-state index is 13.4. The van der Waals surface area contributed by atoms with Gasteiger partial charge in [-0.15, -0.1) is 0 Å². The Hall–Kier alpha value is -4.52. The molecule has 2 heterocycles. The Bertz CT molecular complexity index is 1450. The number of carbonyl (C=O) groups excluding carboxylic acids is 3. The number of fused-ring (bicyclic) bond motifs is 2. The lowest BCUT2D eigenvalue weighted by Crippen LogP contribution is -2.46. The summed E-state index contributed by atoms with van der Waals surface area (Å²) in [5, 5.41) is 10.7. The predicted octanol–water partition coefficient (Wildman–Crippen LogP) is 3.93. The van der Waals surface area contributed by atoms with Gasteiger partial charge in [0.1, 0.15) is 6.04 Å². The highest BCUT2D eigenvalue weighted by atomic mass is 16.4. The molecule has 0 fully saturated rings. The van der Waals surface area contributed by atoms with Gasteiger partial charge in [0.2, 0.25) is 0 Å². The number of para-hydroxylation sites is 1. The summed E-state index contributed by atoms with van der Waals surface area (Å²) >= 11 is 0. The first-order valence-corrected chi connectivity index (χ1v) is 10.8. The SMILES string of the molecule is Cc1c(CC(C(=O)O)N2C(=O)c3ccccc3C2=O)c2ccccc2n1C(=O)c1ccccc1. The minimum Gasteiger partial charge on any atom is -0.480 e. The summed E-state index contributed by atoms with van der Waals surface area (Å²) in [6.07, 6.45) is -0.123. The van der Waals surface area contributed by atoms with E-state index in [0.717, 1.165) is 4.90 Å². The van der Waals surface area contributed by atoms with Crippen molar-refractivity contribution in [3.05, 3.63) is 107 Å². The van der Waals surface area contributed by atoms with E-state index in [4.69, 9.17) is 0 Å². The molecule has 34 heavy (non-hydrogen) atoms. The van der Waals surface area contributed by atoms with Crippen LogP contribution in [-0.4, -0.2) is 44.3 Å². The summed E-state index contributed by atoms with van der Waals surface area (Å²) < 4.78 is 1.56. The number of aromatic nitrogens is 1. The van der Waals surface area contributed by atoms with Crippen molar-refractivity contribution in [1.29, 1.82) is 0 Å². The summed E-state index contributed by atoms with van der Waals surface area (Å²) in [7, 11) is 0. The number of imide groups is 1. The fraction of sp³-hybridized carbons (Fsp3) is 0.111. The van der Waals surface area contributed by atoms with E-state index in [1.54, 1.807) is 66.1 Å². The monoisotopic (exact) mass is 452 g/mol. The van der Waals surface area contributed by atoms with Gasteiger partial charge in [-0.1, -0.05) is 48.5 Å². The molecule has 168 valence electrons. The zero-order valence-corrected chi connectivity index (χ0v) is 18.3. The van der Waals surface area contributed by atoms with Crippen LogP contribution in [0.15, 0.2) is 78.9 Å². The predicted molar refractivity (Wildman–Crippen MR) is 125 cm³/mol. The Morgan fingerprint density at radius 3 is 2.00 bits per heavy atom. The van der Waals surface area contributed by atoms with Crippen LogP contribution in [0.3, 0.4) is 0 Å². The lowest BCUT2D eigenvalue weighted by Gasteiger charge is -2.23. The Balaban J connectivity index is 1.61. The molecule has 1 atom stereocenters. The van der Waals surface area contributed by atoms with Crippen LogP contribution >= 0.6 is 0 Å². The van der Waals surface area contributed by atoms with Gasteiger partial charge < -0.3 is 5.11 Å². The number of carboxylic acid groups (broad SMARTS) is 1. The molecule has 4 aromatic rings. The summed E-state index contributed by atoms with van der Waals surface area (Å²) in [5.41, 5.74) is 2.68. The third-order valence-electron chi connectivity index (χ3n) is 6.29. The fourth-order valence-corrected chi connectivity index (χ4v) is 4.64. The lowest BCUT2D eigenvalue weighted by atomic mass is 10.0. The average Bonchev–Trinajstić information content (AvgIpc) is 3.27. The normalized spacial score (nSPS) is 13.9. The molecule has 0 saturated carbocycles. The first-order valence-electron chi connectivity index (χ1n) is 10.8. The number of carboxylic acids is 1. The summed E-state index contributed by atoms with van der Waals surface area (Å²) in [6, 6.07) is 20.9. The molecule has 1 aromatic heterocycles. The topological polar surface area (TPSA) is 96.7 Å². The maximum absolute atomic E-state index is 13.4. The molecule has 0 spiro atoms. The van der Waals surface area contributed by atoms with Gasteiger partial charge in [0.25, 0.3) is 17.7 Å². The number of carbonyl (C=O) groups is 4. The van der Waals surface area contributed by atoms with Crippen molar-refractivity contribution in [3.63, 3.8) is 0 Å². The Morgan fingerprint density at radius 2 is 1.38 bits per heavy atom. The van der Waals surface area contributed by atoms with Crippen molar-refractivity contribution >= 4 is 34.6 Å². The molecule has 1 aliphatic heterocycles. The Kier molecular flexibility index (Phi) is 5.09. The van der Waals surface area contributed by atoms with E-state index in [1.807, 2.05) is 12.1 Å². The largest absolute Gasteiger partial charge is 0.480 e. The maximum Gasteiger partial charge on any atom is 0.327 e. The summed E-state index contributed by atoms with van der Waals surface area (Å²) in [5.74, 6) is -2.79. The van der Waals surface area contributed by atoms with Crippen LogP contribution in [0.2, 0.25) is 0 Å². The molecule has 1 N–H and O–H groups in total. The van der Waals surface area contributed by atoms with Crippen molar-refractivity contribution in [1.82, 2.24) is 9.47 Å². The number of hydrogen-bond acceptors (Lipinski definition) is 4. The van der Waals surface area contributed by atoms with Crippen LogP contribution < -0.4 is 0 Å². The highest BCUT2D eigenvalue weighted by Crippen LogP contribution is 2.31. The first-order chi connectivity index (χ1) is 16.4. The molecule has 0 radical (unpaired) electrons. The molecule has 2 amide bonds. The third-order valence-corrected chi connectivity index (χ3v) is 6.29. The van der Waals surface area contributed by atoms with Crippen LogP contribution in [0.5, 0.6) is 0 Å². The highest BCUT2D eigenvalue weighted by Gasteiger charge is 2.43. The standard InChI is InChI=1S/C27H20N2O5/c1-16-21(15-23(27(33)34)29-25(31)19-12-5-6-13-20(19)26(29)32)18-11-7-8-14-22(18)28(16)24(30)17-9-3-2-4-10-17/h2-14,23H,15H2,1H3,(H,33,34). The first kappa shape index (κ1) is 21.3. The van der Waals surface area contributed by atoms with E-state index in [0.29, 0.717) is 27.7 Å². The van der Waals surface area contributed by atoms with Crippen LogP contribution in [-0.2, 0) is 11.2 Å². The molecular formula is C27H20N2O5. The van der Waals surface area contributed by atoms with E-state index >= 15 is 0 Å².